The summed E-state index contributed by atoms with van der Waals surface area (Å²) in [6, 6.07) is 3.78. The van der Waals surface area contributed by atoms with Crippen molar-refractivity contribution in [3.8, 4) is 0 Å². The minimum Gasteiger partial charge on any atom is -0.314 e. The second-order valence-corrected chi connectivity index (χ2v) is 6.83. The number of rotatable bonds is 5. The average Bonchev–Trinajstić information content (AvgIpc) is 3.06. The Morgan fingerprint density at radius 1 is 1.15 bits per heavy atom. The Bertz CT molecular complexity index is 811. The molecule has 0 atom stereocenters. The Morgan fingerprint density at radius 3 is 2.81 bits per heavy atom. The van der Waals surface area contributed by atoms with Crippen molar-refractivity contribution in [2.75, 3.05) is 44.2 Å². The number of urea groups is 1. The van der Waals surface area contributed by atoms with Gasteiger partial charge in [-0.05, 0) is 37.1 Å². The molecule has 0 aromatic carbocycles. The normalized spacial score (nSPS) is 19.2. The van der Waals surface area contributed by atoms with E-state index in [1.807, 2.05) is 10.6 Å². The Hall–Kier alpha value is -2.45. The SMILES string of the molecule is O=C1CCN(c2cnc3cc(CCCN4CCNCC4)ccn23)C(=O)N1. The number of amides is 3. The summed E-state index contributed by atoms with van der Waals surface area (Å²) in [5.41, 5.74) is 2.08. The van der Waals surface area contributed by atoms with Crippen LogP contribution in [0.1, 0.15) is 18.4 Å². The molecule has 2 fully saturated rings. The quantitative estimate of drug-likeness (QED) is 0.821. The fraction of sp³-hybridized carbons (Fsp3) is 0.500. The van der Waals surface area contributed by atoms with Crippen LogP contribution in [-0.4, -0.2) is 65.5 Å². The van der Waals surface area contributed by atoms with Gasteiger partial charge in [0.05, 0.1) is 6.20 Å². The highest BCUT2D eigenvalue weighted by Crippen LogP contribution is 2.20. The fourth-order valence-electron chi connectivity index (χ4n) is 3.59. The van der Waals surface area contributed by atoms with Crippen LogP contribution >= 0.6 is 0 Å². The first-order valence-electron chi connectivity index (χ1n) is 9.21. The van der Waals surface area contributed by atoms with Crippen molar-refractivity contribution >= 4 is 23.4 Å². The number of carbonyl (C=O) groups excluding carboxylic acids is 2. The number of nitrogens with one attached hydrogen (secondary N) is 2. The maximum Gasteiger partial charge on any atom is 0.329 e. The first kappa shape index (κ1) is 17.0. The molecule has 0 spiro atoms. The van der Waals surface area contributed by atoms with Gasteiger partial charge in [0.25, 0.3) is 0 Å². The summed E-state index contributed by atoms with van der Waals surface area (Å²) in [5, 5.41) is 5.72. The summed E-state index contributed by atoms with van der Waals surface area (Å²) in [5.74, 6) is 0.462. The molecule has 2 N–H and O–H groups in total. The molecule has 0 radical (unpaired) electrons. The standard InChI is InChI=1S/C18H24N6O2/c25-16-4-9-24(18(26)21-16)17-13-20-15-12-14(3-8-23(15)17)2-1-7-22-10-5-19-6-11-22/h3,8,12-13,19H,1-2,4-7,9-11H2,(H,21,25,26). The monoisotopic (exact) mass is 356 g/mol. The fourth-order valence-corrected chi connectivity index (χ4v) is 3.59. The second kappa shape index (κ2) is 7.43. The number of hydrogen-bond donors (Lipinski definition) is 2. The van der Waals surface area contributed by atoms with Crippen molar-refractivity contribution < 1.29 is 9.59 Å². The summed E-state index contributed by atoms with van der Waals surface area (Å²) in [6.45, 7) is 5.92. The van der Waals surface area contributed by atoms with Crippen LogP contribution in [-0.2, 0) is 11.2 Å². The first-order chi connectivity index (χ1) is 12.7. The zero-order valence-electron chi connectivity index (χ0n) is 14.8. The van der Waals surface area contributed by atoms with E-state index < -0.39 is 0 Å². The van der Waals surface area contributed by atoms with Crippen LogP contribution in [0.2, 0.25) is 0 Å². The second-order valence-electron chi connectivity index (χ2n) is 6.83. The molecule has 2 aliphatic heterocycles. The predicted octanol–water partition coefficient (Wildman–Crippen LogP) is 0.618. The van der Waals surface area contributed by atoms with Crippen molar-refractivity contribution in [2.24, 2.45) is 0 Å². The first-order valence-corrected chi connectivity index (χ1v) is 9.21. The third kappa shape index (κ3) is 3.56. The molecule has 2 aromatic heterocycles. The molecular formula is C18H24N6O2. The van der Waals surface area contributed by atoms with Gasteiger partial charge in [0.2, 0.25) is 5.91 Å². The predicted molar refractivity (Wildman–Crippen MR) is 98.3 cm³/mol. The van der Waals surface area contributed by atoms with E-state index in [1.54, 1.807) is 11.1 Å². The Morgan fingerprint density at radius 2 is 2.00 bits per heavy atom. The lowest BCUT2D eigenvalue weighted by molar-refractivity contribution is -0.120. The van der Waals surface area contributed by atoms with E-state index in [2.05, 4.69) is 32.7 Å². The lowest BCUT2D eigenvalue weighted by Crippen LogP contribution is -2.50. The number of imide groups is 1. The Balaban J connectivity index is 1.42. The molecule has 2 aromatic rings. The van der Waals surface area contributed by atoms with Crippen LogP contribution in [0.3, 0.4) is 0 Å². The number of imidazole rings is 1. The molecule has 26 heavy (non-hydrogen) atoms. The topological polar surface area (TPSA) is 82.0 Å². The summed E-state index contributed by atoms with van der Waals surface area (Å²) in [7, 11) is 0. The van der Waals surface area contributed by atoms with Gasteiger partial charge in [-0.2, -0.15) is 0 Å². The summed E-state index contributed by atoms with van der Waals surface area (Å²) >= 11 is 0. The molecule has 2 aliphatic rings. The number of piperazine rings is 1. The van der Waals surface area contributed by atoms with Crippen LogP contribution < -0.4 is 15.5 Å². The van der Waals surface area contributed by atoms with Crippen molar-refractivity contribution in [1.82, 2.24) is 24.9 Å². The number of pyridine rings is 1. The van der Waals surface area contributed by atoms with Crippen LogP contribution in [0.5, 0.6) is 0 Å². The van der Waals surface area contributed by atoms with Gasteiger partial charge in [0.15, 0.2) is 0 Å². The Labute approximate surface area is 152 Å². The lowest BCUT2D eigenvalue weighted by Gasteiger charge is -2.27. The number of carbonyl (C=O) groups is 2. The minimum absolute atomic E-state index is 0.230. The summed E-state index contributed by atoms with van der Waals surface area (Å²) in [4.78, 5) is 31.9. The van der Waals surface area contributed by atoms with E-state index >= 15 is 0 Å². The maximum atomic E-state index is 12.0. The number of anilines is 1. The molecule has 0 aliphatic carbocycles. The van der Waals surface area contributed by atoms with Gasteiger partial charge in [0.1, 0.15) is 11.5 Å². The van der Waals surface area contributed by atoms with E-state index in [-0.39, 0.29) is 11.9 Å². The van der Waals surface area contributed by atoms with E-state index in [9.17, 15) is 9.59 Å². The summed E-state index contributed by atoms with van der Waals surface area (Å²) < 4.78 is 1.90. The van der Waals surface area contributed by atoms with Gasteiger partial charge in [-0.15, -0.1) is 0 Å². The van der Waals surface area contributed by atoms with E-state index in [4.69, 9.17) is 0 Å². The van der Waals surface area contributed by atoms with E-state index in [0.29, 0.717) is 18.8 Å². The molecule has 0 saturated carbocycles. The largest absolute Gasteiger partial charge is 0.329 e. The third-order valence-corrected chi connectivity index (χ3v) is 5.04. The van der Waals surface area contributed by atoms with E-state index in [0.717, 1.165) is 51.2 Å². The molecule has 4 rings (SSSR count). The molecule has 8 heteroatoms. The molecule has 2 saturated heterocycles. The molecular weight excluding hydrogens is 332 g/mol. The zero-order chi connectivity index (χ0) is 17.9. The number of fused-ring (bicyclic) bond motifs is 1. The van der Waals surface area contributed by atoms with Crippen molar-refractivity contribution in [3.05, 3.63) is 30.1 Å². The number of nitrogens with zero attached hydrogens (tertiary/aromatic N) is 4. The highest BCUT2D eigenvalue weighted by molar-refractivity contribution is 6.05. The summed E-state index contributed by atoms with van der Waals surface area (Å²) in [6.07, 6.45) is 6.10. The van der Waals surface area contributed by atoms with Crippen molar-refractivity contribution in [3.63, 3.8) is 0 Å². The van der Waals surface area contributed by atoms with Gasteiger partial charge in [-0.25, -0.2) is 9.78 Å². The highest BCUT2D eigenvalue weighted by atomic mass is 16.2. The average molecular weight is 356 g/mol. The van der Waals surface area contributed by atoms with Gasteiger partial charge in [0, 0.05) is 45.3 Å². The van der Waals surface area contributed by atoms with Crippen molar-refractivity contribution in [1.29, 1.82) is 0 Å². The van der Waals surface area contributed by atoms with Crippen LogP contribution in [0.25, 0.3) is 5.65 Å². The molecule has 4 heterocycles. The molecule has 0 bridgehead atoms. The third-order valence-electron chi connectivity index (χ3n) is 5.04. The lowest BCUT2D eigenvalue weighted by atomic mass is 10.1. The van der Waals surface area contributed by atoms with Crippen molar-refractivity contribution in [2.45, 2.75) is 19.3 Å². The molecule has 8 nitrogen and oxygen atoms in total. The van der Waals surface area contributed by atoms with Gasteiger partial charge >= 0.3 is 6.03 Å². The van der Waals surface area contributed by atoms with Gasteiger partial charge < -0.3 is 10.2 Å². The van der Waals surface area contributed by atoms with Crippen LogP contribution in [0.4, 0.5) is 10.6 Å². The minimum atomic E-state index is -0.386. The van der Waals surface area contributed by atoms with Crippen LogP contribution in [0, 0.1) is 0 Å². The molecule has 138 valence electrons. The number of aromatic nitrogens is 2. The molecule has 0 unspecified atom stereocenters. The maximum absolute atomic E-state index is 12.0. The Kier molecular flexibility index (Phi) is 4.85. The van der Waals surface area contributed by atoms with Gasteiger partial charge in [-0.3, -0.25) is 19.4 Å². The molecule has 3 amide bonds. The zero-order valence-corrected chi connectivity index (χ0v) is 14.8. The number of aryl methyl sites for hydroxylation is 1. The smallest absolute Gasteiger partial charge is 0.314 e. The highest BCUT2D eigenvalue weighted by Gasteiger charge is 2.26. The van der Waals surface area contributed by atoms with Gasteiger partial charge in [-0.1, -0.05) is 0 Å². The van der Waals surface area contributed by atoms with Crippen LogP contribution in [0.15, 0.2) is 24.5 Å². The van der Waals surface area contributed by atoms with E-state index in [1.165, 1.54) is 5.56 Å². The number of hydrogen-bond acceptors (Lipinski definition) is 5.